The van der Waals surface area contributed by atoms with E-state index in [2.05, 4.69) is 46.7 Å². The number of nitrogens with zero attached hydrogens (tertiary/aromatic N) is 2. The second kappa shape index (κ2) is 10.1. The monoisotopic (exact) mass is 449 g/mol. The summed E-state index contributed by atoms with van der Waals surface area (Å²) in [5, 5.41) is 4.54. The van der Waals surface area contributed by atoms with E-state index in [0.717, 1.165) is 64.9 Å². The van der Waals surface area contributed by atoms with Crippen molar-refractivity contribution in [1.82, 2.24) is 20.3 Å². The molecule has 0 spiro atoms. The van der Waals surface area contributed by atoms with Gasteiger partial charge in [-0.05, 0) is 55.6 Å². The molecule has 2 aromatic heterocycles. The minimum atomic E-state index is 0. The summed E-state index contributed by atoms with van der Waals surface area (Å²) >= 11 is 0. The normalized spacial score (nSPS) is 14.3. The number of hydrogen-bond acceptors (Lipinski definition) is 5. The summed E-state index contributed by atoms with van der Waals surface area (Å²) in [5.41, 5.74) is 11.7. The van der Waals surface area contributed by atoms with E-state index in [1.54, 1.807) is 6.20 Å². The molecule has 0 radical (unpaired) electrons. The van der Waals surface area contributed by atoms with E-state index in [9.17, 15) is 0 Å². The maximum atomic E-state index is 6.08. The van der Waals surface area contributed by atoms with E-state index in [-0.39, 0.29) is 12.4 Å². The third-order valence-corrected chi connectivity index (χ3v) is 5.97. The van der Waals surface area contributed by atoms with Gasteiger partial charge in [-0.1, -0.05) is 30.3 Å². The molecule has 6 nitrogen and oxygen atoms in total. The lowest BCUT2D eigenvalue weighted by Crippen LogP contribution is -2.30. The Hall–Kier alpha value is -2.93. The van der Waals surface area contributed by atoms with Gasteiger partial charge >= 0.3 is 0 Å². The molecular formula is C25H28ClN5O. The van der Waals surface area contributed by atoms with E-state index in [1.165, 1.54) is 0 Å². The summed E-state index contributed by atoms with van der Waals surface area (Å²) in [7, 11) is 0. The number of aromatic nitrogens is 3. The van der Waals surface area contributed by atoms with Gasteiger partial charge in [0.05, 0.1) is 18.5 Å². The Balaban J connectivity index is 0.00000245. The molecular weight excluding hydrogens is 422 g/mol. The van der Waals surface area contributed by atoms with Crippen LogP contribution < -0.4 is 15.8 Å². The maximum Gasteiger partial charge on any atom is 0.232 e. The lowest BCUT2D eigenvalue weighted by atomic mass is 9.99. The number of fused-ring (bicyclic) bond motifs is 1. The van der Waals surface area contributed by atoms with Crippen LogP contribution in [0, 0.1) is 5.92 Å². The first kappa shape index (κ1) is 22.3. The number of nitrogens with two attached hydrogens (primary N) is 1. The van der Waals surface area contributed by atoms with Crippen LogP contribution in [0.3, 0.4) is 0 Å². The zero-order valence-corrected chi connectivity index (χ0v) is 18.7. The third kappa shape index (κ3) is 4.78. The molecule has 1 aliphatic rings. The van der Waals surface area contributed by atoms with Crippen LogP contribution in [0.5, 0.6) is 5.88 Å². The minimum absolute atomic E-state index is 0. The SMILES string of the molecule is Cl.NCc1ccc(-c2ncc(OCC3CCNCC3)nc2-c2ccc3[nH]ccc3c2)cc1. The first-order valence-corrected chi connectivity index (χ1v) is 10.9. The molecule has 7 heteroatoms. The molecule has 1 saturated heterocycles. The van der Waals surface area contributed by atoms with Gasteiger partial charge < -0.3 is 20.8 Å². The number of hydrogen-bond donors (Lipinski definition) is 3. The first-order valence-electron chi connectivity index (χ1n) is 10.9. The molecule has 32 heavy (non-hydrogen) atoms. The van der Waals surface area contributed by atoms with Gasteiger partial charge in [0.2, 0.25) is 5.88 Å². The topological polar surface area (TPSA) is 88.8 Å². The first-order chi connectivity index (χ1) is 15.3. The summed E-state index contributed by atoms with van der Waals surface area (Å²) in [6, 6.07) is 16.6. The van der Waals surface area contributed by atoms with Crippen molar-refractivity contribution in [3.05, 3.63) is 66.5 Å². The van der Waals surface area contributed by atoms with E-state index in [0.29, 0.717) is 24.9 Å². The van der Waals surface area contributed by atoms with Crippen LogP contribution in [0.4, 0.5) is 0 Å². The molecule has 4 aromatic rings. The molecule has 3 heterocycles. The van der Waals surface area contributed by atoms with Crippen LogP contribution in [0.15, 0.2) is 60.9 Å². The maximum absolute atomic E-state index is 6.08. The quantitative estimate of drug-likeness (QED) is 0.402. The van der Waals surface area contributed by atoms with Gasteiger partial charge in [-0.2, -0.15) is 0 Å². The Morgan fingerprint density at radius 2 is 1.75 bits per heavy atom. The lowest BCUT2D eigenvalue weighted by molar-refractivity contribution is 0.208. The largest absolute Gasteiger partial charge is 0.476 e. The highest BCUT2D eigenvalue weighted by Gasteiger charge is 2.17. The van der Waals surface area contributed by atoms with Crippen molar-refractivity contribution < 1.29 is 4.74 Å². The lowest BCUT2D eigenvalue weighted by Gasteiger charge is -2.22. The van der Waals surface area contributed by atoms with Crippen molar-refractivity contribution in [3.8, 4) is 28.4 Å². The molecule has 1 fully saturated rings. The van der Waals surface area contributed by atoms with Gasteiger partial charge in [0, 0.05) is 34.8 Å². The molecule has 2 aromatic carbocycles. The average Bonchev–Trinajstić information content (AvgIpc) is 3.31. The Morgan fingerprint density at radius 1 is 0.969 bits per heavy atom. The van der Waals surface area contributed by atoms with Gasteiger partial charge in [0.25, 0.3) is 0 Å². The summed E-state index contributed by atoms with van der Waals surface area (Å²) in [4.78, 5) is 12.9. The molecule has 1 aliphatic heterocycles. The number of nitrogens with one attached hydrogen (secondary N) is 2. The predicted molar refractivity (Wildman–Crippen MR) is 131 cm³/mol. The van der Waals surface area contributed by atoms with E-state index < -0.39 is 0 Å². The van der Waals surface area contributed by atoms with Crippen molar-refractivity contribution in [2.24, 2.45) is 11.7 Å². The van der Waals surface area contributed by atoms with E-state index >= 15 is 0 Å². The number of benzene rings is 2. The number of piperidine rings is 1. The van der Waals surface area contributed by atoms with E-state index in [4.69, 9.17) is 20.4 Å². The molecule has 0 atom stereocenters. The molecule has 5 rings (SSSR count). The third-order valence-electron chi connectivity index (χ3n) is 5.97. The van der Waals surface area contributed by atoms with Gasteiger partial charge in [-0.25, -0.2) is 9.97 Å². The van der Waals surface area contributed by atoms with E-state index in [1.807, 2.05) is 18.3 Å². The van der Waals surface area contributed by atoms with Crippen LogP contribution >= 0.6 is 12.4 Å². The van der Waals surface area contributed by atoms with Crippen molar-refractivity contribution in [3.63, 3.8) is 0 Å². The smallest absolute Gasteiger partial charge is 0.232 e. The predicted octanol–water partition coefficient (Wildman–Crippen LogP) is 4.55. The van der Waals surface area contributed by atoms with Crippen LogP contribution in [0.1, 0.15) is 18.4 Å². The average molecular weight is 450 g/mol. The summed E-state index contributed by atoms with van der Waals surface area (Å²) in [6.45, 7) is 3.31. The van der Waals surface area contributed by atoms with Gasteiger partial charge in [-0.15, -0.1) is 12.4 Å². The highest BCUT2D eigenvalue weighted by molar-refractivity contribution is 5.87. The molecule has 0 amide bonds. The minimum Gasteiger partial charge on any atom is -0.476 e. The molecule has 0 saturated carbocycles. The summed E-state index contributed by atoms with van der Waals surface area (Å²) in [6.07, 6.45) is 5.96. The Kier molecular flexibility index (Phi) is 7.05. The number of ether oxygens (including phenoxy) is 1. The Bertz CT molecular complexity index is 1170. The fourth-order valence-electron chi connectivity index (χ4n) is 4.11. The van der Waals surface area contributed by atoms with Crippen molar-refractivity contribution >= 4 is 23.3 Å². The van der Waals surface area contributed by atoms with Crippen LogP contribution in [-0.2, 0) is 6.54 Å². The zero-order valence-electron chi connectivity index (χ0n) is 17.9. The fourth-order valence-corrected chi connectivity index (χ4v) is 4.11. The van der Waals surface area contributed by atoms with Gasteiger partial charge in [-0.3, -0.25) is 0 Å². The number of aromatic amines is 1. The van der Waals surface area contributed by atoms with Crippen molar-refractivity contribution in [2.45, 2.75) is 19.4 Å². The number of H-pyrrole nitrogens is 1. The highest BCUT2D eigenvalue weighted by atomic mass is 35.5. The van der Waals surface area contributed by atoms with Crippen molar-refractivity contribution in [1.29, 1.82) is 0 Å². The van der Waals surface area contributed by atoms with Crippen LogP contribution in [0.25, 0.3) is 33.4 Å². The Morgan fingerprint density at radius 3 is 2.53 bits per heavy atom. The standard InChI is InChI=1S/C25H27N5O.ClH/c26-14-17-1-3-19(4-2-17)24-25(21-5-6-22-20(13-21)9-12-28-22)30-23(15-29-24)31-16-18-7-10-27-11-8-18;/h1-6,9,12-13,15,18,27-28H,7-8,10-11,14,16,26H2;1H. The van der Waals surface area contributed by atoms with Crippen LogP contribution in [-0.4, -0.2) is 34.6 Å². The fraction of sp³-hybridized carbons (Fsp3) is 0.280. The molecule has 0 unspecified atom stereocenters. The highest BCUT2D eigenvalue weighted by Crippen LogP contribution is 2.32. The van der Waals surface area contributed by atoms with Crippen molar-refractivity contribution in [2.75, 3.05) is 19.7 Å². The summed E-state index contributed by atoms with van der Waals surface area (Å²) in [5.74, 6) is 1.14. The Labute approximate surface area is 194 Å². The number of rotatable bonds is 6. The van der Waals surface area contributed by atoms with Crippen LogP contribution in [0.2, 0.25) is 0 Å². The van der Waals surface area contributed by atoms with Gasteiger partial charge in [0.1, 0.15) is 5.69 Å². The second-order valence-electron chi connectivity index (χ2n) is 8.09. The zero-order chi connectivity index (χ0) is 21.0. The summed E-state index contributed by atoms with van der Waals surface area (Å²) < 4.78 is 6.08. The molecule has 166 valence electrons. The van der Waals surface area contributed by atoms with Gasteiger partial charge in [0.15, 0.2) is 0 Å². The molecule has 0 aliphatic carbocycles. The molecule has 4 N–H and O–H groups in total. The molecule has 0 bridgehead atoms. The second-order valence-corrected chi connectivity index (χ2v) is 8.09. The number of halogens is 1.